The van der Waals surface area contributed by atoms with Gasteiger partial charge in [0.2, 0.25) is 11.8 Å². The van der Waals surface area contributed by atoms with Gasteiger partial charge in [-0.3, -0.25) is 9.59 Å². The Morgan fingerprint density at radius 3 is 2.45 bits per heavy atom. The van der Waals surface area contributed by atoms with Gasteiger partial charge in [0, 0.05) is 22.5 Å². The first-order valence-electron chi connectivity index (χ1n) is 9.84. The summed E-state index contributed by atoms with van der Waals surface area (Å²) in [6.45, 7) is 8.20. The van der Waals surface area contributed by atoms with E-state index >= 15 is 0 Å². The van der Waals surface area contributed by atoms with E-state index in [9.17, 15) is 9.59 Å². The van der Waals surface area contributed by atoms with E-state index in [2.05, 4.69) is 5.32 Å². The second-order valence-corrected chi connectivity index (χ2v) is 8.73. The molecule has 156 valence electrons. The molecule has 0 bridgehead atoms. The van der Waals surface area contributed by atoms with E-state index in [-0.39, 0.29) is 23.6 Å². The molecule has 2 atom stereocenters. The first-order valence-corrected chi connectivity index (χ1v) is 11.2. The van der Waals surface area contributed by atoms with Crippen molar-refractivity contribution in [3.8, 4) is 0 Å². The lowest BCUT2D eigenvalue weighted by molar-refractivity contribution is -0.138. The second kappa shape index (κ2) is 11.3. The number of hydrogen-bond acceptors (Lipinski definition) is 3. The minimum absolute atomic E-state index is 0.0711. The van der Waals surface area contributed by atoms with Crippen LogP contribution >= 0.6 is 23.4 Å². The second-order valence-electron chi connectivity index (χ2n) is 7.25. The van der Waals surface area contributed by atoms with Gasteiger partial charge < -0.3 is 10.2 Å². The van der Waals surface area contributed by atoms with Crippen LogP contribution in [0.1, 0.15) is 38.3 Å². The zero-order chi connectivity index (χ0) is 21.4. The highest BCUT2D eigenvalue weighted by atomic mass is 35.5. The molecule has 0 spiro atoms. The van der Waals surface area contributed by atoms with Crippen LogP contribution in [-0.4, -0.2) is 34.6 Å². The van der Waals surface area contributed by atoms with Crippen LogP contribution in [0.3, 0.4) is 0 Å². The van der Waals surface area contributed by atoms with Gasteiger partial charge in [0.25, 0.3) is 0 Å². The monoisotopic (exact) mass is 432 g/mol. The molecule has 0 heterocycles. The van der Waals surface area contributed by atoms with Crippen molar-refractivity contribution in [3.05, 3.63) is 64.7 Å². The Balaban J connectivity index is 2.14. The lowest BCUT2D eigenvalue weighted by atomic mass is 10.1. The van der Waals surface area contributed by atoms with Crippen LogP contribution in [0.25, 0.3) is 0 Å². The summed E-state index contributed by atoms with van der Waals surface area (Å²) in [5, 5.41) is 3.65. The number of benzene rings is 2. The lowest BCUT2D eigenvalue weighted by Gasteiger charge is -2.29. The number of carbonyl (C=O) groups is 2. The Morgan fingerprint density at radius 2 is 1.83 bits per heavy atom. The topological polar surface area (TPSA) is 49.4 Å². The molecular formula is C23H29ClN2O2S. The number of thioether (sulfide) groups is 1. The molecule has 0 radical (unpaired) electrons. The van der Waals surface area contributed by atoms with Crippen LogP contribution in [0, 0.1) is 6.92 Å². The molecule has 2 aromatic rings. The molecule has 29 heavy (non-hydrogen) atoms. The van der Waals surface area contributed by atoms with E-state index in [1.165, 1.54) is 11.8 Å². The van der Waals surface area contributed by atoms with Gasteiger partial charge in [-0.25, -0.2) is 0 Å². The molecule has 0 unspecified atom stereocenters. The Labute approximate surface area is 183 Å². The predicted octanol–water partition coefficient (Wildman–Crippen LogP) is 5.07. The fourth-order valence-corrected chi connectivity index (χ4v) is 3.72. The highest BCUT2D eigenvalue weighted by Gasteiger charge is 2.26. The quantitative estimate of drug-likeness (QED) is 0.562. The van der Waals surface area contributed by atoms with E-state index in [0.29, 0.717) is 11.6 Å². The number of carbonyl (C=O) groups excluding carboxylic acids is 2. The number of rotatable bonds is 9. The summed E-state index contributed by atoms with van der Waals surface area (Å²) in [4.78, 5) is 28.4. The van der Waals surface area contributed by atoms with Crippen molar-refractivity contribution in [3.63, 3.8) is 0 Å². The maximum atomic E-state index is 13.1. The number of amides is 2. The summed E-state index contributed by atoms with van der Waals surface area (Å²) in [6.07, 6.45) is 0.844. The van der Waals surface area contributed by atoms with E-state index in [1.807, 2.05) is 57.2 Å². The van der Waals surface area contributed by atoms with Gasteiger partial charge in [-0.15, -0.1) is 11.8 Å². The van der Waals surface area contributed by atoms with E-state index in [4.69, 9.17) is 11.6 Å². The van der Waals surface area contributed by atoms with Crippen LogP contribution in [-0.2, 0) is 16.1 Å². The molecule has 2 rings (SSSR count). The van der Waals surface area contributed by atoms with Gasteiger partial charge in [-0.05, 0) is 57.0 Å². The fourth-order valence-electron chi connectivity index (χ4n) is 2.81. The standard InChI is InChI=1S/C23H29ClN2O2S/c1-5-17(3)25-23(28)18(4)26(14-19-8-6-7-16(2)13-19)22(27)15-29-21-11-9-20(24)10-12-21/h6-13,17-18H,5,14-15H2,1-4H3,(H,25,28)/t17-,18+/m0/s1. The first kappa shape index (κ1) is 23.3. The van der Waals surface area contributed by atoms with Crippen molar-refractivity contribution >= 4 is 35.2 Å². The van der Waals surface area contributed by atoms with Crippen molar-refractivity contribution < 1.29 is 9.59 Å². The van der Waals surface area contributed by atoms with Crippen molar-refractivity contribution in [1.29, 1.82) is 0 Å². The Morgan fingerprint density at radius 1 is 1.14 bits per heavy atom. The van der Waals surface area contributed by atoms with Crippen molar-refractivity contribution in [2.24, 2.45) is 0 Å². The van der Waals surface area contributed by atoms with Crippen molar-refractivity contribution in [2.45, 2.75) is 57.6 Å². The SMILES string of the molecule is CC[C@H](C)NC(=O)[C@@H](C)N(Cc1cccc(C)c1)C(=O)CSc1ccc(Cl)cc1. The third kappa shape index (κ3) is 7.41. The molecule has 2 amide bonds. The summed E-state index contributed by atoms with van der Waals surface area (Å²) in [5.41, 5.74) is 2.14. The average molecular weight is 433 g/mol. The van der Waals surface area contributed by atoms with Gasteiger partial charge in [-0.1, -0.05) is 48.4 Å². The van der Waals surface area contributed by atoms with Crippen molar-refractivity contribution in [1.82, 2.24) is 10.2 Å². The normalized spacial score (nSPS) is 12.9. The molecule has 0 saturated heterocycles. The van der Waals surface area contributed by atoms with Crippen LogP contribution in [0.4, 0.5) is 0 Å². The molecule has 1 N–H and O–H groups in total. The zero-order valence-electron chi connectivity index (χ0n) is 17.4. The van der Waals surface area contributed by atoms with Gasteiger partial charge in [-0.2, -0.15) is 0 Å². The zero-order valence-corrected chi connectivity index (χ0v) is 19.0. The third-order valence-electron chi connectivity index (χ3n) is 4.78. The maximum absolute atomic E-state index is 13.1. The summed E-state index contributed by atoms with van der Waals surface area (Å²) in [7, 11) is 0. The molecule has 0 aliphatic carbocycles. The molecule has 4 nitrogen and oxygen atoms in total. The van der Waals surface area contributed by atoms with Gasteiger partial charge in [0.05, 0.1) is 5.75 Å². The molecule has 0 aliphatic rings. The highest BCUT2D eigenvalue weighted by Crippen LogP contribution is 2.22. The smallest absolute Gasteiger partial charge is 0.242 e. The molecule has 0 fully saturated rings. The predicted molar refractivity (Wildman–Crippen MR) is 121 cm³/mol. The van der Waals surface area contributed by atoms with Crippen LogP contribution in [0.5, 0.6) is 0 Å². The van der Waals surface area contributed by atoms with Crippen LogP contribution in [0.2, 0.25) is 5.02 Å². The van der Waals surface area contributed by atoms with E-state index in [0.717, 1.165) is 22.4 Å². The molecule has 2 aromatic carbocycles. The molecule has 0 aliphatic heterocycles. The summed E-state index contributed by atoms with van der Waals surface area (Å²) >= 11 is 7.37. The summed E-state index contributed by atoms with van der Waals surface area (Å²) in [6, 6.07) is 14.9. The maximum Gasteiger partial charge on any atom is 0.242 e. The Kier molecular flexibility index (Phi) is 9.05. The summed E-state index contributed by atoms with van der Waals surface area (Å²) in [5.74, 6) is 0.0594. The van der Waals surface area contributed by atoms with E-state index in [1.54, 1.807) is 24.0 Å². The number of hydrogen-bond donors (Lipinski definition) is 1. The van der Waals surface area contributed by atoms with Gasteiger partial charge in [0.15, 0.2) is 0 Å². The molecular weight excluding hydrogens is 404 g/mol. The molecule has 0 saturated carbocycles. The number of aryl methyl sites for hydroxylation is 1. The Hall–Kier alpha value is -1.98. The number of nitrogens with zero attached hydrogens (tertiary/aromatic N) is 1. The Bertz CT molecular complexity index is 826. The van der Waals surface area contributed by atoms with Gasteiger partial charge in [0.1, 0.15) is 6.04 Å². The van der Waals surface area contributed by atoms with Gasteiger partial charge >= 0.3 is 0 Å². The number of nitrogens with one attached hydrogen (secondary N) is 1. The third-order valence-corrected chi connectivity index (χ3v) is 6.03. The largest absolute Gasteiger partial charge is 0.352 e. The summed E-state index contributed by atoms with van der Waals surface area (Å²) < 4.78 is 0. The van der Waals surface area contributed by atoms with Crippen LogP contribution in [0.15, 0.2) is 53.4 Å². The minimum atomic E-state index is -0.553. The highest BCUT2D eigenvalue weighted by molar-refractivity contribution is 8.00. The average Bonchev–Trinajstić information content (AvgIpc) is 2.70. The van der Waals surface area contributed by atoms with Crippen molar-refractivity contribution in [2.75, 3.05) is 5.75 Å². The fraction of sp³-hybridized carbons (Fsp3) is 0.391. The minimum Gasteiger partial charge on any atom is -0.352 e. The van der Waals surface area contributed by atoms with Crippen LogP contribution < -0.4 is 5.32 Å². The number of halogens is 1. The molecule has 6 heteroatoms. The first-order chi connectivity index (χ1) is 13.8. The van der Waals surface area contributed by atoms with E-state index < -0.39 is 6.04 Å². The molecule has 0 aromatic heterocycles. The lowest BCUT2D eigenvalue weighted by Crippen LogP contribution is -2.50.